The quantitative estimate of drug-likeness (QED) is 0.390. The van der Waals surface area contributed by atoms with Crippen molar-refractivity contribution in [3.63, 3.8) is 0 Å². The lowest BCUT2D eigenvalue weighted by atomic mass is 9.79. The predicted octanol–water partition coefficient (Wildman–Crippen LogP) is 3.20. The Kier molecular flexibility index (Phi) is 8.32. The van der Waals surface area contributed by atoms with Crippen molar-refractivity contribution in [2.45, 2.75) is 57.0 Å². The van der Waals surface area contributed by atoms with Crippen molar-refractivity contribution < 1.29 is 31.9 Å². The van der Waals surface area contributed by atoms with E-state index in [1.165, 1.54) is 37.1 Å². The van der Waals surface area contributed by atoms with Crippen molar-refractivity contribution in [1.82, 2.24) is 20.1 Å². The SMILES string of the molecule is C=CC(=O)N1CC2(C1)N[C@H](C)CN(CCN1C[C@H]3CC(=O)N(c4cc(C(F)(F)F)cc(C)n4)[C@@H]3C(=O)N(C)c3cccc(F)c31)C2C. The lowest BCUT2D eigenvalue weighted by Gasteiger charge is -2.60. The molecule has 1 N–H and O–H groups in total. The molecule has 0 aliphatic carbocycles. The monoisotopic (exact) mass is 657 g/mol. The van der Waals surface area contributed by atoms with Crippen LogP contribution in [0.15, 0.2) is 43.0 Å². The molecule has 4 atom stereocenters. The molecule has 3 fully saturated rings. The molecule has 1 aromatic heterocycles. The Balaban J connectivity index is 1.31. The van der Waals surface area contributed by atoms with Gasteiger partial charge in [0.15, 0.2) is 0 Å². The summed E-state index contributed by atoms with van der Waals surface area (Å²) >= 11 is 0. The number of benzene rings is 1. The standard InChI is InChI=1S/C33H39F4N7O3/c1-6-27(45)43-17-32(18-43)21(4)41(15-20(3)39-32)10-11-42-16-22-13-28(46)44(26-14-23(33(35,36)37)12-19(2)38-26)29(22)31(47)40(5)25-9-7-8-24(34)30(25)42/h6-9,12,14,20-22,29,39H,1,10-11,13,15-18H2,2-5H3/t20-,21?,22-,29+/m1/s1. The van der Waals surface area contributed by atoms with Gasteiger partial charge >= 0.3 is 6.18 Å². The molecule has 1 aromatic carbocycles. The smallest absolute Gasteiger partial charge is 0.366 e. The van der Waals surface area contributed by atoms with E-state index in [0.717, 1.165) is 17.0 Å². The van der Waals surface area contributed by atoms with Crippen LogP contribution in [0.4, 0.5) is 34.8 Å². The molecule has 0 saturated carbocycles. The lowest BCUT2D eigenvalue weighted by Crippen LogP contribution is -2.81. The maximum Gasteiger partial charge on any atom is 0.416 e. The van der Waals surface area contributed by atoms with Gasteiger partial charge in [0.2, 0.25) is 17.7 Å². The Labute approximate surface area is 271 Å². The first-order valence-electron chi connectivity index (χ1n) is 15.8. The van der Waals surface area contributed by atoms with Gasteiger partial charge in [0.25, 0.3) is 0 Å². The van der Waals surface area contributed by atoms with E-state index in [1.54, 1.807) is 11.0 Å². The predicted molar refractivity (Wildman–Crippen MR) is 169 cm³/mol. The second-order valence-corrected chi connectivity index (χ2v) is 13.2. The number of nitrogens with zero attached hydrogens (tertiary/aromatic N) is 6. The lowest BCUT2D eigenvalue weighted by molar-refractivity contribution is -0.140. The Bertz CT molecular complexity index is 1610. The molecule has 4 aliphatic rings. The van der Waals surface area contributed by atoms with Gasteiger partial charge in [-0.25, -0.2) is 9.37 Å². The van der Waals surface area contributed by atoms with E-state index in [-0.39, 0.29) is 53.7 Å². The van der Waals surface area contributed by atoms with Crippen molar-refractivity contribution >= 4 is 34.9 Å². The number of likely N-dealkylation sites (tertiary alicyclic amines) is 1. The number of piperazine rings is 1. The second-order valence-electron chi connectivity index (χ2n) is 13.2. The summed E-state index contributed by atoms with van der Waals surface area (Å²) in [4.78, 5) is 52.3. The number of aryl methyl sites for hydroxylation is 1. The minimum atomic E-state index is -4.67. The first-order chi connectivity index (χ1) is 22.1. The Morgan fingerprint density at radius 3 is 2.55 bits per heavy atom. The second kappa shape index (κ2) is 11.9. The highest BCUT2D eigenvalue weighted by atomic mass is 19.4. The van der Waals surface area contributed by atoms with Crippen LogP contribution >= 0.6 is 0 Å². The molecule has 3 saturated heterocycles. The molecule has 252 valence electrons. The molecule has 3 amide bonds. The summed E-state index contributed by atoms with van der Waals surface area (Å²) in [6.45, 7) is 12.0. The molecule has 10 nitrogen and oxygen atoms in total. The van der Waals surface area contributed by atoms with Crippen LogP contribution in [-0.2, 0) is 20.6 Å². The summed E-state index contributed by atoms with van der Waals surface area (Å²) in [5.74, 6) is -2.56. The highest BCUT2D eigenvalue weighted by Gasteiger charge is 2.53. The number of carbonyl (C=O) groups is 3. The molecule has 47 heavy (non-hydrogen) atoms. The van der Waals surface area contributed by atoms with Gasteiger partial charge in [-0.05, 0) is 51.1 Å². The number of carbonyl (C=O) groups excluding carboxylic acids is 3. The summed E-state index contributed by atoms with van der Waals surface area (Å²) in [6, 6.07) is 5.19. The number of alkyl halides is 3. The number of amides is 3. The van der Waals surface area contributed by atoms with Crippen LogP contribution in [0.2, 0.25) is 0 Å². The van der Waals surface area contributed by atoms with Crippen LogP contribution in [-0.4, -0.2) is 102 Å². The Morgan fingerprint density at radius 1 is 1.15 bits per heavy atom. The summed E-state index contributed by atoms with van der Waals surface area (Å²) in [5, 5.41) is 3.68. The molecule has 2 aromatic rings. The van der Waals surface area contributed by atoms with Gasteiger partial charge in [-0.3, -0.25) is 24.2 Å². The zero-order chi connectivity index (χ0) is 34.0. The van der Waals surface area contributed by atoms with Gasteiger partial charge in [0.05, 0.1) is 22.5 Å². The highest BCUT2D eigenvalue weighted by Crippen LogP contribution is 2.41. The fraction of sp³-hybridized carbons (Fsp3) is 0.515. The van der Waals surface area contributed by atoms with Crippen molar-refractivity contribution in [3.8, 4) is 0 Å². The van der Waals surface area contributed by atoms with Crippen LogP contribution in [0.25, 0.3) is 0 Å². The number of nitrogens with one attached hydrogen (secondary N) is 1. The number of halogens is 4. The number of likely N-dealkylation sites (N-methyl/N-ethyl adjacent to an activating group) is 1. The first-order valence-corrected chi connectivity index (χ1v) is 15.8. The number of hydrogen-bond donors (Lipinski definition) is 1. The van der Waals surface area contributed by atoms with E-state index in [9.17, 15) is 27.6 Å². The number of pyridine rings is 1. The first kappa shape index (κ1) is 32.9. The minimum Gasteiger partial charge on any atom is -0.366 e. The Hall–Kier alpha value is -4.04. The number of anilines is 3. The molecular formula is C33H39F4N7O3. The van der Waals surface area contributed by atoms with Gasteiger partial charge in [0.1, 0.15) is 17.7 Å². The van der Waals surface area contributed by atoms with Crippen LogP contribution in [0.3, 0.4) is 0 Å². The van der Waals surface area contributed by atoms with E-state index >= 15 is 4.39 Å². The third kappa shape index (κ3) is 5.75. The van der Waals surface area contributed by atoms with E-state index in [2.05, 4.69) is 35.6 Å². The third-order valence-corrected chi connectivity index (χ3v) is 10.1. The van der Waals surface area contributed by atoms with Crippen LogP contribution in [0, 0.1) is 18.7 Å². The number of fused-ring (bicyclic) bond motifs is 2. The summed E-state index contributed by atoms with van der Waals surface area (Å²) in [5.41, 5.74) is -0.665. The van der Waals surface area contributed by atoms with Crippen LogP contribution < -0.4 is 20.0 Å². The summed E-state index contributed by atoms with van der Waals surface area (Å²) in [7, 11) is 1.49. The van der Waals surface area contributed by atoms with E-state index in [1.807, 2.05) is 4.90 Å². The maximum atomic E-state index is 15.7. The number of rotatable bonds is 5. The maximum absolute atomic E-state index is 15.7. The molecule has 1 unspecified atom stereocenters. The van der Waals surface area contributed by atoms with E-state index < -0.39 is 41.3 Å². The molecule has 0 radical (unpaired) electrons. The summed E-state index contributed by atoms with van der Waals surface area (Å²) < 4.78 is 56.9. The molecule has 0 bridgehead atoms. The molecule has 4 aliphatic heterocycles. The zero-order valence-electron chi connectivity index (χ0n) is 26.9. The molecular weight excluding hydrogens is 618 g/mol. The van der Waals surface area contributed by atoms with Gasteiger partial charge < -0.3 is 20.0 Å². The number of aromatic nitrogens is 1. The van der Waals surface area contributed by atoms with Gasteiger partial charge in [-0.15, -0.1) is 0 Å². The van der Waals surface area contributed by atoms with E-state index in [0.29, 0.717) is 38.4 Å². The largest absolute Gasteiger partial charge is 0.416 e. The van der Waals surface area contributed by atoms with Crippen LogP contribution in [0.5, 0.6) is 0 Å². The fourth-order valence-corrected chi connectivity index (χ4v) is 7.79. The minimum absolute atomic E-state index is 0.0400. The topological polar surface area (TPSA) is 92.3 Å². The highest BCUT2D eigenvalue weighted by molar-refractivity contribution is 6.10. The van der Waals surface area contributed by atoms with Crippen molar-refractivity contribution in [2.24, 2.45) is 5.92 Å². The van der Waals surface area contributed by atoms with Gasteiger partial charge in [0, 0.05) is 76.4 Å². The Morgan fingerprint density at radius 2 is 1.87 bits per heavy atom. The number of hydrogen-bond acceptors (Lipinski definition) is 7. The van der Waals surface area contributed by atoms with Crippen LogP contribution in [0.1, 0.15) is 31.5 Å². The van der Waals surface area contributed by atoms with Crippen molar-refractivity contribution in [1.29, 1.82) is 0 Å². The van der Waals surface area contributed by atoms with E-state index in [4.69, 9.17) is 0 Å². The fourth-order valence-electron chi connectivity index (χ4n) is 7.79. The molecule has 1 spiro atoms. The average Bonchev–Trinajstić information content (AvgIpc) is 3.31. The zero-order valence-corrected chi connectivity index (χ0v) is 26.9. The van der Waals surface area contributed by atoms with Gasteiger partial charge in [-0.1, -0.05) is 12.6 Å². The van der Waals surface area contributed by atoms with Gasteiger partial charge in [-0.2, -0.15) is 13.2 Å². The third-order valence-electron chi connectivity index (χ3n) is 10.1. The molecule has 14 heteroatoms. The molecule has 6 rings (SSSR count). The normalized spacial score (nSPS) is 26.1. The van der Waals surface area contributed by atoms with Crippen molar-refractivity contribution in [2.75, 3.05) is 61.0 Å². The average molecular weight is 658 g/mol. The number of para-hydroxylation sites is 1. The summed E-state index contributed by atoms with van der Waals surface area (Å²) in [6.07, 6.45) is -3.47. The van der Waals surface area contributed by atoms with Crippen molar-refractivity contribution in [3.05, 3.63) is 60.1 Å². The molecule has 5 heterocycles.